The van der Waals surface area contributed by atoms with E-state index in [4.69, 9.17) is 0 Å². The predicted molar refractivity (Wildman–Crippen MR) is 86.9 cm³/mol. The highest BCUT2D eigenvalue weighted by Gasteiger charge is 2.27. The maximum absolute atomic E-state index is 13.7. The minimum absolute atomic E-state index is 0.120. The molecule has 0 bridgehead atoms. The van der Waals surface area contributed by atoms with E-state index in [1.54, 1.807) is 0 Å². The van der Waals surface area contributed by atoms with Crippen molar-refractivity contribution in [2.75, 3.05) is 4.72 Å². The van der Waals surface area contributed by atoms with E-state index in [-0.39, 0.29) is 22.3 Å². The van der Waals surface area contributed by atoms with Gasteiger partial charge in [0.25, 0.3) is 10.0 Å². The zero-order valence-corrected chi connectivity index (χ0v) is 14.7. The summed E-state index contributed by atoms with van der Waals surface area (Å²) in [6, 6.07) is 2.60. The lowest BCUT2D eigenvalue weighted by Crippen LogP contribution is -2.17. The zero-order chi connectivity index (χ0) is 17.6. The third kappa shape index (κ3) is 2.86. The number of imidazole rings is 1. The molecule has 1 aromatic carbocycles. The number of rotatable bonds is 4. The Labute approximate surface area is 141 Å². The van der Waals surface area contributed by atoms with E-state index < -0.39 is 21.7 Å². The van der Waals surface area contributed by atoms with Crippen LogP contribution in [0.3, 0.4) is 0 Å². The summed E-state index contributed by atoms with van der Waals surface area (Å²) in [5, 5.41) is 4.85. The van der Waals surface area contributed by atoms with Crippen LogP contribution in [0.1, 0.15) is 30.5 Å². The molecule has 1 N–H and O–H groups in total. The fraction of sp³-hybridized carbons (Fsp3) is 0.286. The Morgan fingerprint density at radius 2 is 2.00 bits per heavy atom. The first kappa shape index (κ1) is 16.8. The molecule has 0 unspecified atom stereocenters. The second-order valence-corrected chi connectivity index (χ2v) is 8.11. The number of nitrogens with zero attached hydrogens (tertiary/aromatic N) is 3. The van der Waals surface area contributed by atoms with Crippen molar-refractivity contribution >= 4 is 32.0 Å². The number of anilines is 1. The molecule has 6 nitrogen and oxygen atoms in total. The fourth-order valence-electron chi connectivity index (χ4n) is 2.15. The Bertz CT molecular complexity index is 1020. The lowest BCUT2D eigenvalue weighted by atomic mass is 10.2. The third-order valence-corrected chi connectivity index (χ3v) is 5.94. The number of hydrogen-bond acceptors (Lipinski definition) is 5. The quantitative estimate of drug-likeness (QED) is 0.762. The average Bonchev–Trinajstić information content (AvgIpc) is 2.98. The Balaban J connectivity index is 2.09. The van der Waals surface area contributed by atoms with E-state index >= 15 is 0 Å². The van der Waals surface area contributed by atoms with Crippen LogP contribution in [0, 0.1) is 18.6 Å². The normalized spacial score (nSPS) is 12.2. The molecule has 0 atom stereocenters. The van der Waals surface area contributed by atoms with Gasteiger partial charge in [-0.1, -0.05) is 25.2 Å². The van der Waals surface area contributed by atoms with Gasteiger partial charge in [-0.3, -0.25) is 4.72 Å². The summed E-state index contributed by atoms with van der Waals surface area (Å²) in [6.07, 6.45) is 0. The van der Waals surface area contributed by atoms with Crippen LogP contribution in [0.15, 0.2) is 23.2 Å². The van der Waals surface area contributed by atoms with Gasteiger partial charge >= 0.3 is 0 Å². The average molecular weight is 372 g/mol. The molecule has 0 fully saturated rings. The Kier molecular flexibility index (Phi) is 4.04. The molecule has 128 valence electrons. The number of aryl methyl sites for hydroxylation is 1. The number of halogens is 2. The molecule has 0 radical (unpaired) electrons. The van der Waals surface area contributed by atoms with Crippen molar-refractivity contribution in [1.29, 1.82) is 0 Å². The lowest BCUT2D eigenvalue weighted by molar-refractivity contribution is 0.580. The minimum atomic E-state index is -4.14. The van der Waals surface area contributed by atoms with Crippen LogP contribution >= 0.6 is 11.3 Å². The SMILES string of the molecule is Cc1nc2sc(C(C)C)nn2c1S(=O)(=O)Nc1ccc(F)cc1F. The zero-order valence-electron chi connectivity index (χ0n) is 13.0. The van der Waals surface area contributed by atoms with Crippen LogP contribution in [0.2, 0.25) is 0 Å². The Morgan fingerprint density at radius 1 is 1.29 bits per heavy atom. The summed E-state index contributed by atoms with van der Waals surface area (Å²) in [6.45, 7) is 5.41. The summed E-state index contributed by atoms with van der Waals surface area (Å²) in [5.74, 6) is -1.67. The highest BCUT2D eigenvalue weighted by atomic mass is 32.2. The van der Waals surface area contributed by atoms with E-state index in [2.05, 4.69) is 14.8 Å². The maximum atomic E-state index is 13.7. The summed E-state index contributed by atoms with van der Waals surface area (Å²) in [5.41, 5.74) is -0.0934. The number of fused-ring (bicyclic) bond motifs is 1. The van der Waals surface area contributed by atoms with Gasteiger partial charge in [-0.25, -0.2) is 13.8 Å². The van der Waals surface area contributed by atoms with E-state index in [0.29, 0.717) is 11.0 Å². The van der Waals surface area contributed by atoms with E-state index in [0.717, 1.165) is 17.1 Å². The first-order chi connectivity index (χ1) is 11.2. The topological polar surface area (TPSA) is 76.4 Å². The van der Waals surface area contributed by atoms with E-state index in [9.17, 15) is 17.2 Å². The number of sulfonamides is 1. The summed E-state index contributed by atoms with van der Waals surface area (Å²) in [7, 11) is -4.14. The fourth-order valence-corrected chi connectivity index (χ4v) is 4.50. The molecule has 3 aromatic rings. The molecule has 10 heteroatoms. The second kappa shape index (κ2) is 5.78. The summed E-state index contributed by atoms with van der Waals surface area (Å²) < 4.78 is 55.4. The summed E-state index contributed by atoms with van der Waals surface area (Å²) >= 11 is 1.29. The minimum Gasteiger partial charge on any atom is -0.275 e. The largest absolute Gasteiger partial charge is 0.281 e. The molecule has 0 spiro atoms. The van der Waals surface area contributed by atoms with Gasteiger partial charge in [-0.15, -0.1) is 0 Å². The first-order valence-corrected chi connectivity index (χ1v) is 9.33. The molecule has 0 amide bonds. The maximum Gasteiger partial charge on any atom is 0.281 e. The van der Waals surface area contributed by atoms with Crippen LogP contribution in [-0.4, -0.2) is 23.0 Å². The number of aromatic nitrogens is 3. The van der Waals surface area contributed by atoms with Crippen molar-refractivity contribution in [3.05, 3.63) is 40.5 Å². The molecule has 2 heterocycles. The van der Waals surface area contributed by atoms with Crippen LogP contribution in [0.25, 0.3) is 4.96 Å². The molecule has 0 aliphatic rings. The molecule has 2 aromatic heterocycles. The monoisotopic (exact) mass is 372 g/mol. The van der Waals surface area contributed by atoms with Gasteiger partial charge in [0.1, 0.15) is 16.6 Å². The molecule has 24 heavy (non-hydrogen) atoms. The molecule has 3 rings (SSSR count). The highest BCUT2D eigenvalue weighted by Crippen LogP contribution is 2.27. The van der Waals surface area contributed by atoms with Crippen LogP contribution < -0.4 is 4.72 Å². The molecule has 0 aliphatic carbocycles. The van der Waals surface area contributed by atoms with Gasteiger partial charge < -0.3 is 0 Å². The van der Waals surface area contributed by atoms with Gasteiger partial charge in [0.2, 0.25) is 9.99 Å². The predicted octanol–water partition coefficient (Wildman–Crippen LogP) is 3.30. The Hall–Kier alpha value is -2.07. The van der Waals surface area contributed by atoms with Crippen LogP contribution in [0.5, 0.6) is 0 Å². The van der Waals surface area contributed by atoms with E-state index in [1.807, 2.05) is 13.8 Å². The first-order valence-electron chi connectivity index (χ1n) is 7.03. The molecular formula is C14H14F2N4O2S2. The van der Waals surface area contributed by atoms with Crippen LogP contribution in [0.4, 0.5) is 14.5 Å². The third-order valence-electron chi connectivity index (χ3n) is 3.26. The van der Waals surface area contributed by atoms with Crippen molar-refractivity contribution in [3.8, 4) is 0 Å². The molecular weight excluding hydrogens is 358 g/mol. The van der Waals surface area contributed by atoms with Gasteiger partial charge in [0, 0.05) is 12.0 Å². The van der Waals surface area contributed by atoms with Gasteiger partial charge in [0.15, 0.2) is 0 Å². The lowest BCUT2D eigenvalue weighted by Gasteiger charge is -2.08. The molecule has 0 aliphatic heterocycles. The van der Waals surface area contributed by atoms with Crippen molar-refractivity contribution in [2.45, 2.75) is 31.7 Å². The van der Waals surface area contributed by atoms with Gasteiger partial charge in [-0.2, -0.15) is 18.0 Å². The van der Waals surface area contributed by atoms with Crippen molar-refractivity contribution in [2.24, 2.45) is 0 Å². The van der Waals surface area contributed by atoms with Crippen molar-refractivity contribution < 1.29 is 17.2 Å². The molecule has 0 saturated carbocycles. The van der Waals surface area contributed by atoms with Crippen molar-refractivity contribution in [1.82, 2.24) is 14.6 Å². The van der Waals surface area contributed by atoms with E-state index in [1.165, 1.54) is 22.8 Å². The standard InChI is InChI=1S/C14H14F2N4O2S2/c1-7(2)12-18-20-13(8(3)17-14(20)23-12)24(21,22)19-11-5-4-9(15)6-10(11)16/h4-7,19H,1-3H3. The second-order valence-electron chi connectivity index (χ2n) is 5.52. The number of hydrogen-bond donors (Lipinski definition) is 1. The van der Waals surface area contributed by atoms with Crippen LogP contribution in [-0.2, 0) is 10.0 Å². The molecule has 0 saturated heterocycles. The number of benzene rings is 1. The summed E-state index contributed by atoms with van der Waals surface area (Å²) in [4.78, 5) is 4.65. The van der Waals surface area contributed by atoms with Gasteiger partial charge in [-0.05, 0) is 19.1 Å². The van der Waals surface area contributed by atoms with Gasteiger partial charge in [0.05, 0.1) is 11.4 Å². The number of nitrogens with one attached hydrogen (secondary N) is 1. The smallest absolute Gasteiger partial charge is 0.275 e. The van der Waals surface area contributed by atoms with Crippen molar-refractivity contribution in [3.63, 3.8) is 0 Å². The Morgan fingerprint density at radius 3 is 2.62 bits per heavy atom. The highest BCUT2D eigenvalue weighted by molar-refractivity contribution is 7.92.